The SMILES string of the molecule is CCc1nnc(NCc2cccc(C(F)(F)F)c2)s1. The van der Waals surface area contributed by atoms with E-state index in [0.717, 1.165) is 23.6 Å². The van der Waals surface area contributed by atoms with Crippen molar-refractivity contribution in [3.05, 3.63) is 40.4 Å². The van der Waals surface area contributed by atoms with Crippen molar-refractivity contribution in [2.75, 3.05) is 5.32 Å². The molecule has 3 nitrogen and oxygen atoms in total. The molecule has 1 aromatic carbocycles. The van der Waals surface area contributed by atoms with Gasteiger partial charge in [0.2, 0.25) is 5.13 Å². The fraction of sp³-hybridized carbons (Fsp3) is 0.333. The van der Waals surface area contributed by atoms with E-state index in [2.05, 4.69) is 15.5 Å². The second-order valence-electron chi connectivity index (χ2n) is 3.91. The number of alkyl halides is 3. The Balaban J connectivity index is 2.03. The van der Waals surface area contributed by atoms with Gasteiger partial charge < -0.3 is 5.32 Å². The zero-order valence-corrected chi connectivity index (χ0v) is 11.0. The molecule has 0 amide bonds. The van der Waals surface area contributed by atoms with E-state index in [9.17, 15) is 13.2 Å². The molecular formula is C12H12F3N3S. The van der Waals surface area contributed by atoms with Crippen LogP contribution in [0.25, 0.3) is 0 Å². The Bertz CT molecular complexity index is 551. The van der Waals surface area contributed by atoms with Crippen LogP contribution in [0.2, 0.25) is 0 Å². The lowest BCUT2D eigenvalue weighted by Crippen LogP contribution is -2.06. The molecule has 0 bridgehead atoms. The molecule has 1 aromatic heterocycles. The first-order chi connectivity index (χ1) is 8.99. The Labute approximate surface area is 112 Å². The van der Waals surface area contributed by atoms with Crippen LogP contribution in [0.15, 0.2) is 24.3 Å². The molecule has 1 N–H and O–H groups in total. The molecule has 0 saturated heterocycles. The van der Waals surface area contributed by atoms with E-state index in [1.54, 1.807) is 6.07 Å². The summed E-state index contributed by atoms with van der Waals surface area (Å²) in [5.74, 6) is 0. The number of benzene rings is 1. The van der Waals surface area contributed by atoms with Crippen molar-refractivity contribution in [1.82, 2.24) is 10.2 Å². The zero-order chi connectivity index (χ0) is 13.9. The van der Waals surface area contributed by atoms with Gasteiger partial charge in [-0.25, -0.2) is 0 Å². The summed E-state index contributed by atoms with van der Waals surface area (Å²) >= 11 is 1.41. The number of aryl methyl sites for hydroxylation is 1. The maximum atomic E-state index is 12.5. The fourth-order valence-electron chi connectivity index (χ4n) is 1.50. The van der Waals surface area contributed by atoms with E-state index in [0.29, 0.717) is 17.2 Å². The lowest BCUT2D eigenvalue weighted by Gasteiger charge is -2.08. The molecule has 0 fully saturated rings. The molecule has 0 atom stereocenters. The third-order valence-electron chi connectivity index (χ3n) is 2.47. The minimum absolute atomic E-state index is 0.294. The number of aromatic nitrogens is 2. The Hall–Kier alpha value is -1.63. The minimum Gasteiger partial charge on any atom is -0.356 e. The molecule has 0 radical (unpaired) electrons. The summed E-state index contributed by atoms with van der Waals surface area (Å²) in [5.41, 5.74) is -0.0821. The molecule has 0 aliphatic carbocycles. The molecule has 0 spiro atoms. The van der Waals surface area contributed by atoms with Gasteiger partial charge in [-0.1, -0.05) is 30.4 Å². The summed E-state index contributed by atoms with van der Waals surface area (Å²) in [7, 11) is 0. The van der Waals surface area contributed by atoms with Crippen LogP contribution < -0.4 is 5.32 Å². The van der Waals surface area contributed by atoms with Crippen LogP contribution in [0.1, 0.15) is 23.1 Å². The number of hydrogen-bond donors (Lipinski definition) is 1. The molecule has 0 unspecified atom stereocenters. The van der Waals surface area contributed by atoms with Crippen LogP contribution in [0.4, 0.5) is 18.3 Å². The molecule has 2 aromatic rings. The summed E-state index contributed by atoms with van der Waals surface area (Å²) in [4.78, 5) is 0. The number of hydrogen-bond acceptors (Lipinski definition) is 4. The zero-order valence-electron chi connectivity index (χ0n) is 10.2. The molecular weight excluding hydrogens is 275 g/mol. The second-order valence-corrected chi connectivity index (χ2v) is 4.97. The number of anilines is 1. The van der Waals surface area contributed by atoms with Gasteiger partial charge in [-0.3, -0.25) is 0 Å². The molecule has 0 saturated carbocycles. The number of nitrogens with zero attached hydrogens (tertiary/aromatic N) is 2. The summed E-state index contributed by atoms with van der Waals surface area (Å²) < 4.78 is 37.6. The highest BCUT2D eigenvalue weighted by molar-refractivity contribution is 7.15. The predicted octanol–water partition coefficient (Wildman–Crippen LogP) is 3.73. The van der Waals surface area contributed by atoms with Crippen molar-refractivity contribution in [1.29, 1.82) is 0 Å². The Morgan fingerprint density at radius 2 is 2.05 bits per heavy atom. The summed E-state index contributed by atoms with van der Waals surface area (Å²) in [6, 6.07) is 5.24. The van der Waals surface area contributed by atoms with Gasteiger partial charge in [-0.15, -0.1) is 10.2 Å². The number of nitrogens with one attached hydrogen (secondary N) is 1. The van der Waals surface area contributed by atoms with Gasteiger partial charge in [0.05, 0.1) is 5.56 Å². The van der Waals surface area contributed by atoms with Crippen LogP contribution in [0.3, 0.4) is 0 Å². The van der Waals surface area contributed by atoms with Crippen molar-refractivity contribution >= 4 is 16.5 Å². The van der Waals surface area contributed by atoms with E-state index in [1.165, 1.54) is 17.4 Å². The van der Waals surface area contributed by atoms with Crippen molar-refractivity contribution in [3.63, 3.8) is 0 Å². The van der Waals surface area contributed by atoms with E-state index < -0.39 is 11.7 Å². The van der Waals surface area contributed by atoms with Crippen LogP contribution in [-0.4, -0.2) is 10.2 Å². The average molecular weight is 287 g/mol. The molecule has 1 heterocycles. The predicted molar refractivity (Wildman–Crippen MR) is 68.1 cm³/mol. The van der Waals surface area contributed by atoms with E-state index in [4.69, 9.17) is 0 Å². The quantitative estimate of drug-likeness (QED) is 0.931. The van der Waals surface area contributed by atoms with Crippen LogP contribution in [-0.2, 0) is 19.1 Å². The molecule has 102 valence electrons. The van der Waals surface area contributed by atoms with E-state index in [1.807, 2.05) is 6.92 Å². The first-order valence-electron chi connectivity index (χ1n) is 5.71. The van der Waals surface area contributed by atoms with Gasteiger partial charge in [0, 0.05) is 6.54 Å². The van der Waals surface area contributed by atoms with Crippen molar-refractivity contribution in [2.24, 2.45) is 0 Å². The van der Waals surface area contributed by atoms with Gasteiger partial charge in [0.25, 0.3) is 0 Å². The summed E-state index contributed by atoms with van der Waals surface area (Å²) in [5, 5.41) is 12.3. The van der Waals surface area contributed by atoms with Gasteiger partial charge in [0.15, 0.2) is 0 Å². The maximum Gasteiger partial charge on any atom is 0.416 e. The smallest absolute Gasteiger partial charge is 0.356 e. The first-order valence-corrected chi connectivity index (χ1v) is 6.53. The number of rotatable bonds is 4. The second kappa shape index (κ2) is 5.56. The lowest BCUT2D eigenvalue weighted by atomic mass is 10.1. The monoisotopic (exact) mass is 287 g/mol. The summed E-state index contributed by atoms with van der Waals surface area (Å²) in [6.07, 6.45) is -3.52. The van der Waals surface area contributed by atoms with Gasteiger partial charge >= 0.3 is 6.18 Å². The molecule has 2 rings (SSSR count). The third kappa shape index (κ3) is 3.66. The Morgan fingerprint density at radius 1 is 1.26 bits per heavy atom. The first kappa shape index (κ1) is 13.8. The van der Waals surface area contributed by atoms with Crippen molar-refractivity contribution in [3.8, 4) is 0 Å². The summed E-state index contributed by atoms with van der Waals surface area (Å²) in [6.45, 7) is 2.26. The fourth-order valence-corrected chi connectivity index (χ4v) is 2.18. The van der Waals surface area contributed by atoms with Gasteiger partial charge in [0.1, 0.15) is 5.01 Å². The van der Waals surface area contributed by atoms with Gasteiger partial charge in [-0.2, -0.15) is 13.2 Å². The highest BCUT2D eigenvalue weighted by atomic mass is 32.1. The molecule has 0 aliphatic rings. The van der Waals surface area contributed by atoms with E-state index in [-0.39, 0.29) is 0 Å². The molecule has 19 heavy (non-hydrogen) atoms. The van der Waals surface area contributed by atoms with Crippen LogP contribution in [0, 0.1) is 0 Å². The Kier molecular flexibility index (Phi) is 4.04. The highest BCUT2D eigenvalue weighted by Crippen LogP contribution is 2.29. The number of halogens is 3. The van der Waals surface area contributed by atoms with Gasteiger partial charge in [-0.05, 0) is 24.1 Å². The van der Waals surface area contributed by atoms with Crippen LogP contribution >= 0.6 is 11.3 Å². The Morgan fingerprint density at radius 3 is 2.68 bits per heavy atom. The molecule has 7 heteroatoms. The minimum atomic E-state index is -4.31. The average Bonchev–Trinajstić information content (AvgIpc) is 2.84. The lowest BCUT2D eigenvalue weighted by molar-refractivity contribution is -0.137. The van der Waals surface area contributed by atoms with Crippen LogP contribution in [0.5, 0.6) is 0 Å². The highest BCUT2D eigenvalue weighted by Gasteiger charge is 2.30. The van der Waals surface area contributed by atoms with Crippen molar-refractivity contribution < 1.29 is 13.2 Å². The van der Waals surface area contributed by atoms with Crippen molar-refractivity contribution in [2.45, 2.75) is 26.1 Å². The van der Waals surface area contributed by atoms with E-state index >= 15 is 0 Å². The molecule has 0 aliphatic heterocycles. The largest absolute Gasteiger partial charge is 0.416 e. The third-order valence-corrected chi connectivity index (χ3v) is 3.49. The topological polar surface area (TPSA) is 37.8 Å². The standard InChI is InChI=1S/C12H12F3N3S/c1-2-10-17-18-11(19-10)16-7-8-4-3-5-9(6-8)12(13,14)15/h3-6H,2,7H2,1H3,(H,16,18). The normalized spacial score (nSPS) is 11.6. The maximum absolute atomic E-state index is 12.5.